The molecule has 0 bridgehead atoms. The van der Waals surface area contributed by atoms with Crippen LogP contribution >= 0.6 is 0 Å². The molecule has 6 heteroatoms. The minimum atomic E-state index is -0.785. The van der Waals surface area contributed by atoms with Crippen molar-refractivity contribution in [3.63, 3.8) is 0 Å². The van der Waals surface area contributed by atoms with Gasteiger partial charge in [-0.2, -0.15) is 0 Å². The van der Waals surface area contributed by atoms with Crippen LogP contribution in [0.25, 0.3) is 0 Å². The summed E-state index contributed by atoms with van der Waals surface area (Å²) in [7, 11) is 0. The Bertz CT molecular complexity index is 1180. The lowest BCUT2D eigenvalue weighted by molar-refractivity contribution is -0.167. The van der Waals surface area contributed by atoms with Gasteiger partial charge >= 0.3 is 17.9 Å². The molecule has 0 spiro atoms. The van der Waals surface area contributed by atoms with E-state index in [1.165, 1.54) is 141 Å². The van der Waals surface area contributed by atoms with Crippen LogP contribution in [0.2, 0.25) is 0 Å². The van der Waals surface area contributed by atoms with Gasteiger partial charge in [0.05, 0.1) is 0 Å². The van der Waals surface area contributed by atoms with Crippen LogP contribution in [0.3, 0.4) is 0 Å². The van der Waals surface area contributed by atoms with Crippen molar-refractivity contribution < 1.29 is 28.6 Å². The van der Waals surface area contributed by atoms with Gasteiger partial charge in [0.15, 0.2) is 6.10 Å². The molecule has 0 amide bonds. The number of esters is 3. The molecule has 0 saturated heterocycles. The van der Waals surface area contributed by atoms with Crippen LogP contribution in [-0.4, -0.2) is 37.2 Å². The Morgan fingerprint density at radius 3 is 0.969 bits per heavy atom. The molecule has 0 fully saturated rings. The zero-order chi connectivity index (χ0) is 47.2. The van der Waals surface area contributed by atoms with E-state index in [0.29, 0.717) is 19.3 Å². The Morgan fingerprint density at radius 2 is 0.600 bits per heavy atom. The van der Waals surface area contributed by atoms with Crippen molar-refractivity contribution >= 4 is 17.9 Å². The summed E-state index contributed by atoms with van der Waals surface area (Å²) in [6.45, 7) is 6.51. The van der Waals surface area contributed by atoms with Crippen LogP contribution in [0.5, 0.6) is 0 Å². The summed E-state index contributed by atoms with van der Waals surface area (Å²) in [5, 5.41) is 0. The van der Waals surface area contributed by atoms with E-state index < -0.39 is 6.10 Å². The fourth-order valence-corrected chi connectivity index (χ4v) is 7.80. The summed E-state index contributed by atoms with van der Waals surface area (Å²) < 4.78 is 16.8. The monoisotopic (exact) mass is 909 g/mol. The van der Waals surface area contributed by atoms with E-state index in [1.54, 1.807) is 0 Å². The highest BCUT2D eigenvalue weighted by atomic mass is 16.6. The van der Waals surface area contributed by atoms with Gasteiger partial charge in [0.1, 0.15) is 13.2 Å². The first-order valence-corrected chi connectivity index (χ1v) is 27.8. The SMILES string of the molecule is CC/C=C\C/C=C\C/C=C\CCCCCCCCC(=O)OCC(COC(=O)CCCCCCCCC/C=C\CCCCCC)OC(=O)CCCCCCC/C=C\CCCCCCCCC. The van der Waals surface area contributed by atoms with Gasteiger partial charge in [0, 0.05) is 19.3 Å². The molecule has 0 saturated carbocycles. The van der Waals surface area contributed by atoms with Crippen LogP contribution in [0, 0.1) is 0 Å². The molecule has 6 nitrogen and oxygen atoms in total. The van der Waals surface area contributed by atoms with Crippen LogP contribution in [0.1, 0.15) is 278 Å². The van der Waals surface area contributed by atoms with Gasteiger partial charge < -0.3 is 14.2 Å². The zero-order valence-electron chi connectivity index (χ0n) is 43.0. The first-order valence-electron chi connectivity index (χ1n) is 27.8. The minimum Gasteiger partial charge on any atom is -0.462 e. The molecule has 0 aliphatic carbocycles. The topological polar surface area (TPSA) is 78.9 Å². The summed E-state index contributed by atoms with van der Waals surface area (Å²) in [5.74, 6) is -0.901. The Kier molecular flexibility index (Phi) is 51.3. The first kappa shape index (κ1) is 62.1. The highest BCUT2D eigenvalue weighted by Gasteiger charge is 2.19. The smallest absolute Gasteiger partial charge is 0.306 e. The number of ether oxygens (including phenoxy) is 3. The van der Waals surface area contributed by atoms with E-state index >= 15 is 0 Å². The second-order valence-corrected chi connectivity index (χ2v) is 18.5. The van der Waals surface area contributed by atoms with Gasteiger partial charge in [-0.15, -0.1) is 0 Å². The molecule has 1 unspecified atom stereocenters. The van der Waals surface area contributed by atoms with Crippen LogP contribution < -0.4 is 0 Å². The third-order valence-electron chi connectivity index (χ3n) is 12.0. The molecule has 0 rings (SSSR count). The molecule has 0 heterocycles. The highest BCUT2D eigenvalue weighted by Crippen LogP contribution is 2.15. The van der Waals surface area contributed by atoms with Crippen molar-refractivity contribution in [2.24, 2.45) is 0 Å². The Hall–Kier alpha value is -2.89. The molecule has 0 radical (unpaired) electrons. The molecule has 376 valence electrons. The standard InChI is InChI=1S/C59H104O6/c1-4-7-10-13-16-19-22-25-28-31-34-37-40-43-46-49-52-58(61)64-55-56(54-63-57(60)51-48-45-42-39-36-33-30-27-24-21-18-15-12-9-6-3)65-59(62)53-50-47-44-41-38-35-32-29-26-23-20-17-14-11-8-5-2/h7,10,16,19,21,24-25,28-29,32,56H,4-6,8-9,11-15,17-18,20,22-23,26-27,30-31,33-55H2,1-3H3/b10-7-,19-16-,24-21-,28-25-,32-29-. The third kappa shape index (κ3) is 51.9. The lowest BCUT2D eigenvalue weighted by atomic mass is 10.1. The van der Waals surface area contributed by atoms with Gasteiger partial charge in [-0.05, 0) is 103 Å². The normalized spacial score (nSPS) is 12.5. The van der Waals surface area contributed by atoms with Crippen molar-refractivity contribution in [2.75, 3.05) is 13.2 Å². The molecule has 0 aromatic rings. The zero-order valence-corrected chi connectivity index (χ0v) is 43.0. The van der Waals surface area contributed by atoms with E-state index in [-0.39, 0.29) is 31.1 Å². The van der Waals surface area contributed by atoms with E-state index in [1.807, 2.05) is 0 Å². The average Bonchev–Trinajstić information content (AvgIpc) is 3.30. The summed E-state index contributed by atoms with van der Waals surface area (Å²) in [6.07, 6.45) is 66.3. The van der Waals surface area contributed by atoms with E-state index in [9.17, 15) is 14.4 Å². The molecule has 1 atom stereocenters. The van der Waals surface area contributed by atoms with Crippen LogP contribution in [0.4, 0.5) is 0 Å². The molecule has 0 aromatic heterocycles. The number of carbonyl (C=O) groups is 3. The van der Waals surface area contributed by atoms with E-state index in [0.717, 1.165) is 96.3 Å². The second kappa shape index (κ2) is 53.7. The quantitative estimate of drug-likeness (QED) is 0.0262. The Balaban J connectivity index is 4.41. The second-order valence-electron chi connectivity index (χ2n) is 18.5. The highest BCUT2D eigenvalue weighted by molar-refractivity contribution is 5.71. The molecular formula is C59H104O6. The fourth-order valence-electron chi connectivity index (χ4n) is 7.80. The number of hydrogen-bond donors (Lipinski definition) is 0. The molecule has 0 aromatic carbocycles. The Morgan fingerprint density at radius 1 is 0.323 bits per heavy atom. The number of carbonyl (C=O) groups excluding carboxylic acids is 3. The summed E-state index contributed by atoms with van der Waals surface area (Å²) in [4.78, 5) is 38.1. The maximum absolute atomic E-state index is 12.8. The molecule has 0 aliphatic rings. The number of unbranched alkanes of at least 4 members (excludes halogenated alkanes) is 29. The predicted octanol–water partition coefficient (Wildman–Crippen LogP) is 18.4. The predicted molar refractivity (Wildman–Crippen MR) is 279 cm³/mol. The molecular weight excluding hydrogens is 805 g/mol. The number of allylic oxidation sites excluding steroid dienone is 10. The fraction of sp³-hybridized carbons (Fsp3) is 0.780. The summed E-state index contributed by atoms with van der Waals surface area (Å²) >= 11 is 0. The van der Waals surface area contributed by atoms with Crippen molar-refractivity contribution in [1.29, 1.82) is 0 Å². The largest absolute Gasteiger partial charge is 0.462 e. The number of rotatable bonds is 50. The molecule has 65 heavy (non-hydrogen) atoms. The summed E-state index contributed by atoms with van der Waals surface area (Å²) in [5.41, 5.74) is 0. The van der Waals surface area contributed by atoms with E-state index in [2.05, 4.69) is 81.5 Å². The Labute approximate surface area is 402 Å². The van der Waals surface area contributed by atoms with Crippen molar-refractivity contribution in [3.05, 3.63) is 60.8 Å². The van der Waals surface area contributed by atoms with Crippen molar-refractivity contribution in [1.82, 2.24) is 0 Å². The molecule has 0 aliphatic heterocycles. The van der Waals surface area contributed by atoms with Gasteiger partial charge in [0.2, 0.25) is 0 Å². The number of hydrogen-bond acceptors (Lipinski definition) is 6. The van der Waals surface area contributed by atoms with Gasteiger partial charge in [-0.3, -0.25) is 14.4 Å². The van der Waals surface area contributed by atoms with Crippen LogP contribution in [0.15, 0.2) is 60.8 Å². The van der Waals surface area contributed by atoms with Gasteiger partial charge in [-0.25, -0.2) is 0 Å². The third-order valence-corrected chi connectivity index (χ3v) is 12.0. The van der Waals surface area contributed by atoms with Crippen LogP contribution in [-0.2, 0) is 28.6 Å². The minimum absolute atomic E-state index is 0.0833. The van der Waals surface area contributed by atoms with Gasteiger partial charge in [-0.1, -0.05) is 216 Å². The maximum Gasteiger partial charge on any atom is 0.306 e. The van der Waals surface area contributed by atoms with E-state index in [4.69, 9.17) is 14.2 Å². The van der Waals surface area contributed by atoms with Crippen molar-refractivity contribution in [3.8, 4) is 0 Å². The summed E-state index contributed by atoms with van der Waals surface area (Å²) in [6, 6.07) is 0. The lowest BCUT2D eigenvalue weighted by Gasteiger charge is -2.18. The molecule has 0 N–H and O–H groups in total. The maximum atomic E-state index is 12.8. The average molecular weight is 909 g/mol. The first-order chi connectivity index (χ1) is 32.0. The van der Waals surface area contributed by atoms with Crippen molar-refractivity contribution in [2.45, 2.75) is 284 Å². The van der Waals surface area contributed by atoms with Gasteiger partial charge in [0.25, 0.3) is 0 Å². The lowest BCUT2D eigenvalue weighted by Crippen LogP contribution is -2.30.